The van der Waals surface area contributed by atoms with Gasteiger partial charge in [-0.25, -0.2) is 4.98 Å². The molecule has 3 N–H and O–H groups in total. The van der Waals surface area contributed by atoms with Gasteiger partial charge in [0, 0.05) is 17.2 Å². The summed E-state index contributed by atoms with van der Waals surface area (Å²) in [5, 5.41) is 0.870. The van der Waals surface area contributed by atoms with Crippen LogP contribution in [0.5, 0.6) is 0 Å². The van der Waals surface area contributed by atoms with Gasteiger partial charge in [-0.2, -0.15) is 0 Å². The summed E-state index contributed by atoms with van der Waals surface area (Å²) in [6.07, 6.45) is 0.888. The van der Waals surface area contributed by atoms with Crippen LogP contribution in [0.1, 0.15) is 29.3 Å². The highest BCUT2D eigenvalue weighted by Gasteiger charge is 2.39. The van der Waals surface area contributed by atoms with Crippen LogP contribution in [0.25, 0.3) is 11.0 Å². The molecule has 1 fully saturated rings. The minimum atomic E-state index is -0.312. The molecular weight excluding hydrogens is 360 g/mol. The minimum Gasteiger partial charge on any atom is -0.333 e. The number of hydrogen-bond acceptors (Lipinski definition) is 4. The van der Waals surface area contributed by atoms with E-state index in [1.807, 2.05) is 43.3 Å². The lowest BCUT2D eigenvalue weighted by molar-refractivity contribution is -0.123. The maximum atomic E-state index is 12.1. The Balaban J connectivity index is 1.30. The number of carbonyl (C=O) groups excluding carboxylic acids is 2. The number of hydrazine groups is 1. The molecule has 0 spiro atoms. The molecule has 1 aliphatic carbocycles. The monoisotopic (exact) mass is 380 g/mol. The van der Waals surface area contributed by atoms with Crippen LogP contribution in [0.3, 0.4) is 0 Å². The van der Waals surface area contributed by atoms with Gasteiger partial charge in [-0.05, 0) is 42.2 Å². The molecule has 0 bridgehead atoms. The first kappa shape index (κ1) is 17.6. The highest BCUT2D eigenvalue weighted by molar-refractivity contribution is 7.98. The standard InChI is InChI=1S/C20H20N4O2S/c1-12-10-15(12)19(26)24-23-18(25)14-8-6-13(7-9-14)11-27-20-21-16-4-2-3-5-17(16)22-20/h2-9,12,15H,10-11H2,1H3,(H,21,22)(H,23,25)(H,24,26)/t12-,15-/m1/s1. The molecule has 7 heteroatoms. The zero-order valence-electron chi connectivity index (χ0n) is 14.9. The van der Waals surface area contributed by atoms with E-state index in [9.17, 15) is 9.59 Å². The Labute approximate surface area is 161 Å². The van der Waals surface area contributed by atoms with Gasteiger partial charge in [0.2, 0.25) is 5.91 Å². The fourth-order valence-electron chi connectivity index (χ4n) is 2.87. The predicted molar refractivity (Wildman–Crippen MR) is 105 cm³/mol. The summed E-state index contributed by atoms with van der Waals surface area (Å²) in [6.45, 7) is 2.02. The minimum absolute atomic E-state index is 0.0305. The van der Waals surface area contributed by atoms with Gasteiger partial charge >= 0.3 is 0 Å². The second kappa shape index (κ2) is 7.44. The first-order valence-corrected chi connectivity index (χ1v) is 9.85. The molecule has 6 nitrogen and oxygen atoms in total. The summed E-state index contributed by atoms with van der Waals surface area (Å²) in [5.74, 6) is 0.758. The van der Waals surface area contributed by atoms with E-state index >= 15 is 0 Å². The van der Waals surface area contributed by atoms with Gasteiger partial charge in [0.25, 0.3) is 5.91 Å². The number of carbonyl (C=O) groups is 2. The van der Waals surface area contributed by atoms with Crippen molar-refractivity contribution in [2.24, 2.45) is 11.8 Å². The van der Waals surface area contributed by atoms with Gasteiger partial charge in [0.15, 0.2) is 5.16 Å². The van der Waals surface area contributed by atoms with E-state index in [1.54, 1.807) is 23.9 Å². The van der Waals surface area contributed by atoms with Crippen molar-refractivity contribution < 1.29 is 9.59 Å². The summed E-state index contributed by atoms with van der Waals surface area (Å²) in [6, 6.07) is 15.3. The molecular formula is C20H20N4O2S. The lowest BCUT2D eigenvalue weighted by Crippen LogP contribution is -2.42. The van der Waals surface area contributed by atoms with Gasteiger partial charge in [0.1, 0.15) is 0 Å². The molecule has 1 heterocycles. The Morgan fingerprint density at radius 2 is 1.89 bits per heavy atom. The van der Waals surface area contributed by atoms with Crippen LogP contribution >= 0.6 is 11.8 Å². The maximum absolute atomic E-state index is 12.1. The summed E-state index contributed by atoms with van der Waals surface area (Å²) >= 11 is 1.61. The summed E-state index contributed by atoms with van der Waals surface area (Å²) < 4.78 is 0. The molecule has 1 aliphatic rings. The van der Waals surface area contributed by atoms with Crippen LogP contribution < -0.4 is 10.9 Å². The topological polar surface area (TPSA) is 86.9 Å². The number of para-hydroxylation sites is 2. The van der Waals surface area contributed by atoms with E-state index in [4.69, 9.17) is 0 Å². The summed E-state index contributed by atoms with van der Waals surface area (Å²) in [7, 11) is 0. The lowest BCUT2D eigenvalue weighted by atomic mass is 10.1. The summed E-state index contributed by atoms with van der Waals surface area (Å²) in [4.78, 5) is 31.7. The Morgan fingerprint density at radius 1 is 1.15 bits per heavy atom. The Bertz CT molecular complexity index is 950. The molecule has 0 aliphatic heterocycles. The highest BCUT2D eigenvalue weighted by atomic mass is 32.2. The predicted octanol–water partition coefficient (Wildman–Crippen LogP) is 3.27. The fourth-order valence-corrected chi connectivity index (χ4v) is 3.71. The van der Waals surface area contributed by atoms with Gasteiger partial charge in [-0.15, -0.1) is 0 Å². The molecule has 3 aromatic rings. The second-order valence-corrected chi connectivity index (χ2v) is 7.77. The van der Waals surface area contributed by atoms with Crippen LogP contribution in [0, 0.1) is 11.8 Å². The van der Waals surface area contributed by atoms with Crippen LogP contribution in [0.2, 0.25) is 0 Å². The second-order valence-electron chi connectivity index (χ2n) is 6.81. The molecule has 138 valence electrons. The number of aromatic amines is 1. The number of nitrogens with one attached hydrogen (secondary N) is 3. The zero-order valence-corrected chi connectivity index (χ0v) is 15.7. The number of H-pyrrole nitrogens is 1. The first-order chi connectivity index (χ1) is 13.1. The van der Waals surface area contributed by atoms with Crippen LogP contribution in [0.4, 0.5) is 0 Å². The molecule has 2 atom stereocenters. The van der Waals surface area contributed by atoms with Crippen LogP contribution in [0.15, 0.2) is 53.7 Å². The highest BCUT2D eigenvalue weighted by Crippen LogP contribution is 2.37. The largest absolute Gasteiger partial charge is 0.333 e. The Kier molecular flexibility index (Phi) is 4.85. The first-order valence-electron chi connectivity index (χ1n) is 8.87. The average Bonchev–Trinajstić information content (AvgIpc) is 3.27. The molecule has 1 saturated carbocycles. The number of benzene rings is 2. The summed E-state index contributed by atoms with van der Waals surface area (Å²) in [5.41, 5.74) is 8.54. The number of aromatic nitrogens is 2. The molecule has 2 amide bonds. The molecule has 1 aromatic heterocycles. The van der Waals surface area contributed by atoms with Crippen molar-refractivity contribution in [3.63, 3.8) is 0 Å². The average molecular weight is 380 g/mol. The quantitative estimate of drug-likeness (QED) is 0.468. The van der Waals surface area contributed by atoms with Crippen molar-refractivity contribution in [3.05, 3.63) is 59.7 Å². The number of thioether (sulfide) groups is 1. The van der Waals surface area contributed by atoms with Crippen LogP contribution in [-0.4, -0.2) is 21.8 Å². The SMILES string of the molecule is C[C@@H]1C[C@H]1C(=O)NNC(=O)c1ccc(CSc2nc3ccccc3[nH]2)cc1. The number of amides is 2. The van der Waals surface area contributed by atoms with Crippen molar-refractivity contribution in [2.75, 3.05) is 0 Å². The molecule has 0 saturated heterocycles. The number of hydrogen-bond donors (Lipinski definition) is 3. The van der Waals surface area contributed by atoms with Gasteiger partial charge in [-0.1, -0.05) is 43.0 Å². The fraction of sp³-hybridized carbons (Fsp3) is 0.250. The number of rotatable bonds is 5. The third-order valence-corrected chi connectivity index (χ3v) is 5.65. The smallest absolute Gasteiger partial charge is 0.269 e. The number of fused-ring (bicyclic) bond motifs is 1. The van der Waals surface area contributed by atoms with E-state index in [0.29, 0.717) is 11.5 Å². The van der Waals surface area contributed by atoms with Gasteiger partial charge in [-0.3, -0.25) is 20.4 Å². The van der Waals surface area contributed by atoms with E-state index in [0.717, 1.165) is 33.9 Å². The van der Waals surface area contributed by atoms with E-state index in [2.05, 4.69) is 20.8 Å². The normalized spacial score (nSPS) is 18.3. The van der Waals surface area contributed by atoms with Gasteiger partial charge < -0.3 is 4.98 Å². The molecule has 0 radical (unpaired) electrons. The maximum Gasteiger partial charge on any atom is 0.269 e. The van der Waals surface area contributed by atoms with Gasteiger partial charge in [0.05, 0.1) is 11.0 Å². The van der Waals surface area contributed by atoms with E-state index in [-0.39, 0.29) is 17.7 Å². The lowest BCUT2D eigenvalue weighted by Gasteiger charge is -2.07. The molecule has 2 aromatic carbocycles. The van der Waals surface area contributed by atoms with Crippen molar-refractivity contribution in [1.82, 2.24) is 20.8 Å². The van der Waals surface area contributed by atoms with E-state index in [1.165, 1.54) is 0 Å². The Morgan fingerprint density at radius 3 is 2.59 bits per heavy atom. The molecule has 0 unspecified atom stereocenters. The van der Waals surface area contributed by atoms with E-state index < -0.39 is 0 Å². The Hall–Kier alpha value is -2.80. The zero-order chi connectivity index (χ0) is 18.8. The number of nitrogens with zero attached hydrogens (tertiary/aromatic N) is 1. The third kappa shape index (κ3) is 4.14. The number of imidazole rings is 1. The van der Waals surface area contributed by atoms with Crippen LogP contribution in [-0.2, 0) is 10.5 Å². The van der Waals surface area contributed by atoms with Crippen molar-refractivity contribution in [2.45, 2.75) is 24.3 Å². The third-order valence-electron chi connectivity index (χ3n) is 4.70. The molecule has 27 heavy (non-hydrogen) atoms. The van der Waals surface area contributed by atoms with Crippen molar-refractivity contribution in [3.8, 4) is 0 Å². The molecule has 4 rings (SSSR count). The van der Waals surface area contributed by atoms with Crippen molar-refractivity contribution in [1.29, 1.82) is 0 Å². The van der Waals surface area contributed by atoms with Crippen molar-refractivity contribution >= 4 is 34.6 Å².